The predicted octanol–water partition coefficient (Wildman–Crippen LogP) is 12.7. The average molecular weight is 783 g/mol. The minimum absolute atomic E-state index is 0.902. The van der Waals surface area contributed by atoms with Crippen molar-refractivity contribution >= 4 is 49.8 Å². The van der Waals surface area contributed by atoms with Crippen molar-refractivity contribution in [3.8, 4) is 35.5 Å². The molecule has 3 aromatic heterocycles. The van der Waals surface area contributed by atoms with Gasteiger partial charge in [-0.05, 0) is 147 Å². The van der Waals surface area contributed by atoms with Crippen LogP contribution >= 0.6 is 0 Å². The highest BCUT2D eigenvalue weighted by molar-refractivity contribution is 5.83. The summed E-state index contributed by atoms with van der Waals surface area (Å²) in [6, 6.07) is 56.5. The zero-order chi connectivity index (χ0) is 41.5. The second-order valence-corrected chi connectivity index (χ2v) is 14.9. The van der Waals surface area contributed by atoms with Gasteiger partial charge in [-0.3, -0.25) is 15.0 Å². The number of rotatable bonds is 6. The first-order valence-electron chi connectivity index (χ1n) is 20.9. The zero-order valence-electron chi connectivity index (χ0n) is 34.5. The van der Waals surface area contributed by atoms with Gasteiger partial charge in [0, 0.05) is 83.7 Å². The third-order valence-corrected chi connectivity index (χ3v) is 10.8. The molecule has 0 saturated carbocycles. The van der Waals surface area contributed by atoms with Gasteiger partial charge in [-0.15, -0.1) is 0 Å². The van der Waals surface area contributed by atoms with Crippen molar-refractivity contribution in [2.75, 3.05) is 4.90 Å². The van der Waals surface area contributed by atoms with Crippen LogP contribution < -0.4 is 4.90 Å². The maximum Gasteiger partial charge on any atom is 0.0717 e. The summed E-state index contributed by atoms with van der Waals surface area (Å²) >= 11 is 0. The molecule has 61 heavy (non-hydrogen) atoms. The smallest absolute Gasteiger partial charge is 0.0717 e. The Morgan fingerprint density at radius 2 is 0.557 bits per heavy atom. The molecule has 0 unspecified atom stereocenters. The molecule has 4 heteroatoms. The van der Waals surface area contributed by atoms with Gasteiger partial charge in [0.2, 0.25) is 0 Å². The summed E-state index contributed by atoms with van der Waals surface area (Å²) in [5, 5.41) is 3.36. The monoisotopic (exact) mass is 782 g/mol. The third-order valence-electron chi connectivity index (χ3n) is 10.8. The van der Waals surface area contributed by atoms with Crippen LogP contribution in [-0.2, 0) is 19.3 Å². The lowest BCUT2D eigenvalue weighted by atomic mass is 10.1. The van der Waals surface area contributed by atoms with E-state index in [1.807, 2.05) is 0 Å². The molecule has 9 rings (SSSR count). The maximum atomic E-state index is 4.79. The molecule has 4 nitrogen and oxygen atoms in total. The normalized spacial score (nSPS) is 10.7. The summed E-state index contributed by atoms with van der Waals surface area (Å²) in [4.78, 5) is 16.6. The fraction of sp³-hybridized carbons (Fsp3) is 0.105. The SMILES string of the molecule is CCc1ccc2ccc(C#Cc3ccc(N(c4ccc(C#Cc5ccc6ccc(CC)nc6c5)cc4)c4ccc(C#Cc5ccc6ccc(CC)nc6c5)cc4)cc3)cc2n1. The molecule has 0 radical (unpaired) electrons. The van der Waals surface area contributed by atoms with Gasteiger partial charge >= 0.3 is 0 Å². The first kappa shape index (κ1) is 38.5. The van der Waals surface area contributed by atoms with E-state index in [0.29, 0.717) is 0 Å². The van der Waals surface area contributed by atoms with Gasteiger partial charge in [-0.2, -0.15) is 0 Å². The minimum atomic E-state index is 0.902. The van der Waals surface area contributed by atoms with Crippen molar-refractivity contribution in [3.63, 3.8) is 0 Å². The molecule has 0 fully saturated rings. The number of pyridine rings is 3. The molecule has 6 aromatic carbocycles. The van der Waals surface area contributed by atoms with E-state index in [4.69, 9.17) is 15.0 Å². The Balaban J connectivity index is 1.00. The number of benzene rings is 6. The van der Waals surface area contributed by atoms with Crippen LogP contribution in [0.1, 0.15) is 71.2 Å². The summed E-state index contributed by atoms with van der Waals surface area (Å²) in [6.45, 7) is 6.37. The van der Waals surface area contributed by atoms with Gasteiger partial charge in [0.15, 0.2) is 0 Å². The van der Waals surface area contributed by atoms with Crippen molar-refractivity contribution in [1.29, 1.82) is 0 Å². The first-order valence-corrected chi connectivity index (χ1v) is 20.9. The fourth-order valence-corrected chi connectivity index (χ4v) is 7.26. The summed E-state index contributed by atoms with van der Waals surface area (Å²) in [6.07, 6.45) is 2.71. The van der Waals surface area contributed by atoms with Crippen molar-refractivity contribution < 1.29 is 0 Å². The molecule has 3 heterocycles. The number of hydrogen-bond acceptors (Lipinski definition) is 4. The van der Waals surface area contributed by atoms with Gasteiger partial charge in [-0.1, -0.05) is 92.7 Å². The van der Waals surface area contributed by atoms with E-state index >= 15 is 0 Å². The van der Waals surface area contributed by atoms with Gasteiger partial charge < -0.3 is 4.90 Å². The Morgan fingerprint density at radius 3 is 0.836 bits per heavy atom. The van der Waals surface area contributed by atoms with Crippen molar-refractivity contribution in [2.45, 2.75) is 40.0 Å². The van der Waals surface area contributed by atoms with Crippen LogP contribution in [0.25, 0.3) is 32.7 Å². The second kappa shape index (κ2) is 17.5. The topological polar surface area (TPSA) is 41.9 Å². The standard InChI is InChI=1S/C57H42N4/c1-4-49-28-25-46-22-13-43(37-55(46)58-49)10-7-40-16-31-52(32-17-40)61(53-33-18-41(19-34-53)8-11-44-14-23-47-26-29-50(5-2)59-56(47)38-44)54-35-20-42(21-36-54)9-12-45-15-24-48-27-30-51(6-3)60-57(48)39-45/h13-39H,4-6H2,1-3H3. The average Bonchev–Trinajstić information content (AvgIpc) is 3.32. The molecule has 0 bridgehead atoms. The highest BCUT2D eigenvalue weighted by Gasteiger charge is 2.13. The van der Waals surface area contributed by atoms with Crippen LogP contribution in [0.4, 0.5) is 17.1 Å². The molecule has 0 atom stereocenters. The Morgan fingerprint density at radius 1 is 0.311 bits per heavy atom. The van der Waals surface area contributed by atoms with Crippen LogP contribution in [0.5, 0.6) is 0 Å². The molecule has 9 aromatic rings. The third kappa shape index (κ3) is 8.89. The molecule has 0 aliphatic carbocycles. The van der Waals surface area contributed by atoms with Crippen LogP contribution in [-0.4, -0.2) is 15.0 Å². The van der Waals surface area contributed by atoms with E-state index in [0.717, 1.165) is 119 Å². The number of nitrogens with zero attached hydrogens (tertiary/aromatic N) is 4. The summed E-state index contributed by atoms with van der Waals surface area (Å²) < 4.78 is 0. The predicted molar refractivity (Wildman–Crippen MR) is 252 cm³/mol. The van der Waals surface area contributed by atoms with Gasteiger partial charge in [0.05, 0.1) is 16.6 Å². The number of hydrogen-bond donors (Lipinski definition) is 0. The summed E-state index contributed by atoms with van der Waals surface area (Å²) in [7, 11) is 0. The van der Waals surface area contributed by atoms with E-state index in [2.05, 4.69) is 225 Å². The molecule has 0 aliphatic heterocycles. The Hall–Kier alpha value is -7.97. The molecule has 0 N–H and O–H groups in total. The fourth-order valence-electron chi connectivity index (χ4n) is 7.26. The highest BCUT2D eigenvalue weighted by atomic mass is 15.1. The molecule has 0 amide bonds. The van der Waals surface area contributed by atoms with Crippen LogP contribution in [0.3, 0.4) is 0 Å². The lowest BCUT2D eigenvalue weighted by Gasteiger charge is -2.25. The molecule has 0 spiro atoms. The van der Waals surface area contributed by atoms with Crippen molar-refractivity contribution in [1.82, 2.24) is 15.0 Å². The van der Waals surface area contributed by atoms with E-state index in [-0.39, 0.29) is 0 Å². The number of anilines is 3. The largest absolute Gasteiger partial charge is 0.311 e. The molecule has 0 saturated heterocycles. The Labute approximate surface area is 358 Å². The van der Waals surface area contributed by atoms with Gasteiger partial charge in [0.25, 0.3) is 0 Å². The molecule has 290 valence electrons. The molecular weight excluding hydrogens is 741 g/mol. The summed E-state index contributed by atoms with van der Waals surface area (Å²) in [5.41, 5.74) is 14.8. The van der Waals surface area contributed by atoms with Crippen molar-refractivity contribution in [2.24, 2.45) is 0 Å². The maximum absolute atomic E-state index is 4.79. The van der Waals surface area contributed by atoms with Crippen LogP contribution in [0, 0.1) is 35.5 Å². The second-order valence-electron chi connectivity index (χ2n) is 14.9. The van der Waals surface area contributed by atoms with E-state index in [9.17, 15) is 0 Å². The number of aromatic nitrogens is 3. The quantitative estimate of drug-likeness (QED) is 0.158. The van der Waals surface area contributed by atoms with E-state index < -0.39 is 0 Å². The summed E-state index contributed by atoms with van der Waals surface area (Å²) in [5.74, 6) is 20.2. The van der Waals surface area contributed by atoms with Crippen LogP contribution in [0.15, 0.2) is 164 Å². The molecular formula is C57H42N4. The number of fused-ring (bicyclic) bond motifs is 3. The highest BCUT2D eigenvalue weighted by Crippen LogP contribution is 2.35. The lowest BCUT2D eigenvalue weighted by Crippen LogP contribution is -2.10. The minimum Gasteiger partial charge on any atom is -0.311 e. The van der Waals surface area contributed by atoms with E-state index in [1.165, 1.54) is 0 Å². The zero-order valence-corrected chi connectivity index (χ0v) is 34.5. The van der Waals surface area contributed by atoms with Gasteiger partial charge in [-0.25, -0.2) is 0 Å². The number of aryl methyl sites for hydroxylation is 3. The lowest BCUT2D eigenvalue weighted by molar-refractivity contribution is 1.06. The van der Waals surface area contributed by atoms with Gasteiger partial charge in [0.1, 0.15) is 0 Å². The Kier molecular flexibility index (Phi) is 11.0. The van der Waals surface area contributed by atoms with Crippen molar-refractivity contribution in [3.05, 3.63) is 214 Å². The van der Waals surface area contributed by atoms with E-state index in [1.54, 1.807) is 0 Å². The Bertz CT molecular complexity index is 2900. The first-order chi connectivity index (χ1) is 30.0. The molecule has 0 aliphatic rings. The van der Waals surface area contributed by atoms with Crippen LogP contribution in [0.2, 0.25) is 0 Å².